The molecule has 0 aromatic heterocycles. The molecule has 0 fully saturated rings. The van der Waals surface area contributed by atoms with Gasteiger partial charge in [0.05, 0.1) is 18.2 Å². The number of para-hydroxylation sites is 1. The van der Waals surface area contributed by atoms with Crippen molar-refractivity contribution < 1.29 is 13.9 Å². The monoisotopic (exact) mass is 347 g/mol. The quantitative estimate of drug-likeness (QED) is 0.743. The van der Waals surface area contributed by atoms with Crippen molar-refractivity contribution in [2.24, 2.45) is 0 Å². The molecule has 3 aromatic rings. The lowest BCUT2D eigenvalue weighted by Gasteiger charge is -2.26. The fourth-order valence-corrected chi connectivity index (χ4v) is 3.24. The van der Waals surface area contributed by atoms with Crippen LogP contribution in [0.5, 0.6) is 5.75 Å². The minimum Gasteiger partial charge on any atom is -0.493 e. The highest BCUT2D eigenvalue weighted by molar-refractivity contribution is 5.95. The zero-order valence-electron chi connectivity index (χ0n) is 14.1. The molecular formula is C22H18FNO2. The minimum absolute atomic E-state index is 0.0497. The van der Waals surface area contributed by atoms with Gasteiger partial charge in [-0.3, -0.25) is 4.79 Å². The summed E-state index contributed by atoms with van der Waals surface area (Å²) in [6.45, 7) is 0.525. The van der Waals surface area contributed by atoms with Crippen LogP contribution in [-0.4, -0.2) is 12.5 Å². The Kier molecular flexibility index (Phi) is 4.40. The molecule has 1 heterocycles. The van der Waals surface area contributed by atoms with E-state index >= 15 is 0 Å². The van der Waals surface area contributed by atoms with Crippen LogP contribution in [0.25, 0.3) is 11.1 Å². The van der Waals surface area contributed by atoms with Gasteiger partial charge in [0.15, 0.2) is 0 Å². The van der Waals surface area contributed by atoms with Gasteiger partial charge in [-0.25, -0.2) is 4.39 Å². The Morgan fingerprint density at radius 2 is 1.73 bits per heavy atom. The Morgan fingerprint density at radius 1 is 0.962 bits per heavy atom. The van der Waals surface area contributed by atoms with E-state index < -0.39 is 11.7 Å². The summed E-state index contributed by atoms with van der Waals surface area (Å²) < 4.78 is 20.2. The summed E-state index contributed by atoms with van der Waals surface area (Å²) in [6, 6.07) is 21.7. The molecule has 0 radical (unpaired) electrons. The number of halogens is 1. The second-order valence-corrected chi connectivity index (χ2v) is 6.26. The molecule has 1 aliphatic rings. The summed E-state index contributed by atoms with van der Waals surface area (Å²) in [5.74, 6) is -0.169. The van der Waals surface area contributed by atoms with Crippen LogP contribution in [0.1, 0.15) is 28.4 Å². The number of ether oxygens (including phenoxy) is 1. The van der Waals surface area contributed by atoms with E-state index in [0.717, 1.165) is 22.4 Å². The molecule has 1 atom stereocenters. The molecule has 1 unspecified atom stereocenters. The van der Waals surface area contributed by atoms with Gasteiger partial charge in [-0.15, -0.1) is 0 Å². The van der Waals surface area contributed by atoms with Crippen LogP contribution < -0.4 is 10.1 Å². The SMILES string of the molecule is O=C(NC1CCOc2ccccc21)c1ccc(-c2ccccc2)cc1F. The first-order valence-electron chi connectivity index (χ1n) is 8.60. The first-order chi connectivity index (χ1) is 12.7. The Morgan fingerprint density at radius 3 is 2.54 bits per heavy atom. The minimum atomic E-state index is -0.524. The van der Waals surface area contributed by atoms with Crippen LogP contribution >= 0.6 is 0 Å². The normalized spacial score (nSPS) is 15.7. The topological polar surface area (TPSA) is 38.3 Å². The number of amides is 1. The molecule has 130 valence electrons. The molecular weight excluding hydrogens is 329 g/mol. The van der Waals surface area contributed by atoms with Crippen molar-refractivity contribution in [2.45, 2.75) is 12.5 Å². The van der Waals surface area contributed by atoms with E-state index in [1.54, 1.807) is 6.07 Å². The number of nitrogens with one attached hydrogen (secondary N) is 1. The van der Waals surface area contributed by atoms with Crippen LogP contribution in [-0.2, 0) is 0 Å². The molecule has 0 spiro atoms. The number of hydrogen-bond acceptors (Lipinski definition) is 2. The molecule has 3 aromatic carbocycles. The maximum atomic E-state index is 14.6. The van der Waals surface area contributed by atoms with Crippen molar-refractivity contribution in [1.29, 1.82) is 0 Å². The van der Waals surface area contributed by atoms with E-state index in [-0.39, 0.29) is 11.6 Å². The van der Waals surface area contributed by atoms with E-state index in [1.165, 1.54) is 12.1 Å². The Bertz CT molecular complexity index is 940. The summed E-state index contributed by atoms with van der Waals surface area (Å²) in [5, 5.41) is 2.93. The van der Waals surface area contributed by atoms with Gasteiger partial charge in [-0.05, 0) is 29.3 Å². The van der Waals surface area contributed by atoms with E-state index in [2.05, 4.69) is 5.32 Å². The second-order valence-electron chi connectivity index (χ2n) is 6.26. The van der Waals surface area contributed by atoms with Crippen LogP contribution in [0.4, 0.5) is 4.39 Å². The molecule has 26 heavy (non-hydrogen) atoms. The molecule has 4 heteroatoms. The van der Waals surface area contributed by atoms with Crippen LogP contribution in [0, 0.1) is 5.82 Å². The van der Waals surface area contributed by atoms with Crippen molar-refractivity contribution in [1.82, 2.24) is 5.32 Å². The van der Waals surface area contributed by atoms with E-state index in [4.69, 9.17) is 4.74 Å². The first-order valence-corrected chi connectivity index (χ1v) is 8.60. The van der Waals surface area contributed by atoms with Crippen molar-refractivity contribution >= 4 is 5.91 Å². The number of carbonyl (C=O) groups is 1. The number of hydrogen-bond donors (Lipinski definition) is 1. The molecule has 0 bridgehead atoms. The largest absolute Gasteiger partial charge is 0.493 e. The lowest BCUT2D eigenvalue weighted by Crippen LogP contribution is -2.32. The Labute approximate surface area is 151 Å². The third-order valence-corrected chi connectivity index (χ3v) is 4.58. The lowest BCUT2D eigenvalue weighted by atomic mass is 9.99. The summed E-state index contributed by atoms with van der Waals surface area (Å²) in [5.41, 5.74) is 2.63. The molecule has 1 N–H and O–H groups in total. The van der Waals surface area contributed by atoms with Gasteiger partial charge in [0.25, 0.3) is 5.91 Å². The zero-order chi connectivity index (χ0) is 17.9. The maximum absolute atomic E-state index is 14.6. The summed E-state index contributed by atoms with van der Waals surface area (Å²) in [7, 11) is 0. The maximum Gasteiger partial charge on any atom is 0.254 e. The van der Waals surface area contributed by atoms with Gasteiger partial charge in [0.1, 0.15) is 11.6 Å². The van der Waals surface area contributed by atoms with E-state index in [9.17, 15) is 9.18 Å². The standard InChI is InChI=1S/C22H18FNO2/c23-19-14-16(15-6-2-1-3-7-15)10-11-17(19)22(25)24-20-12-13-26-21-9-5-4-8-18(20)21/h1-11,14,20H,12-13H2,(H,24,25). The van der Waals surface area contributed by atoms with Crippen molar-refractivity contribution in [3.05, 3.63) is 89.7 Å². The average Bonchev–Trinajstić information content (AvgIpc) is 2.69. The number of rotatable bonds is 3. The number of carbonyl (C=O) groups excluding carboxylic acids is 1. The highest BCUT2D eigenvalue weighted by atomic mass is 19.1. The smallest absolute Gasteiger partial charge is 0.254 e. The predicted octanol–water partition coefficient (Wildman–Crippen LogP) is 4.75. The van der Waals surface area contributed by atoms with E-state index in [1.807, 2.05) is 54.6 Å². The second kappa shape index (κ2) is 7.00. The molecule has 4 rings (SSSR count). The highest BCUT2D eigenvalue weighted by Crippen LogP contribution is 2.32. The Hall–Kier alpha value is -3.14. The average molecular weight is 347 g/mol. The van der Waals surface area contributed by atoms with E-state index in [0.29, 0.717) is 13.0 Å². The summed E-state index contributed by atoms with van der Waals surface area (Å²) >= 11 is 0. The van der Waals surface area contributed by atoms with Crippen molar-refractivity contribution in [3.63, 3.8) is 0 Å². The lowest BCUT2D eigenvalue weighted by molar-refractivity contribution is 0.0921. The van der Waals surface area contributed by atoms with Gasteiger partial charge < -0.3 is 10.1 Å². The van der Waals surface area contributed by atoms with Crippen molar-refractivity contribution in [3.8, 4) is 16.9 Å². The third kappa shape index (κ3) is 3.18. The molecule has 0 saturated heterocycles. The number of fused-ring (bicyclic) bond motifs is 1. The predicted molar refractivity (Wildman–Crippen MR) is 98.6 cm³/mol. The first kappa shape index (κ1) is 16.3. The molecule has 3 nitrogen and oxygen atoms in total. The van der Waals surface area contributed by atoms with Gasteiger partial charge in [0, 0.05) is 12.0 Å². The Balaban J connectivity index is 1.56. The molecule has 1 amide bonds. The molecule has 1 aliphatic heterocycles. The zero-order valence-corrected chi connectivity index (χ0v) is 14.1. The van der Waals surface area contributed by atoms with Gasteiger partial charge in [-0.2, -0.15) is 0 Å². The van der Waals surface area contributed by atoms with Crippen LogP contribution in [0.15, 0.2) is 72.8 Å². The van der Waals surface area contributed by atoms with Gasteiger partial charge >= 0.3 is 0 Å². The van der Waals surface area contributed by atoms with Crippen LogP contribution in [0.2, 0.25) is 0 Å². The van der Waals surface area contributed by atoms with Gasteiger partial charge in [-0.1, -0.05) is 54.6 Å². The number of benzene rings is 3. The highest BCUT2D eigenvalue weighted by Gasteiger charge is 2.24. The van der Waals surface area contributed by atoms with Crippen molar-refractivity contribution in [2.75, 3.05) is 6.61 Å². The summed E-state index contributed by atoms with van der Waals surface area (Å²) in [4.78, 5) is 12.6. The van der Waals surface area contributed by atoms with Crippen LogP contribution in [0.3, 0.4) is 0 Å². The molecule has 0 aliphatic carbocycles. The molecule has 0 saturated carbocycles. The van der Waals surface area contributed by atoms with Gasteiger partial charge in [0.2, 0.25) is 0 Å². The fraction of sp³-hybridized carbons (Fsp3) is 0.136. The fourth-order valence-electron chi connectivity index (χ4n) is 3.24. The summed E-state index contributed by atoms with van der Waals surface area (Å²) in [6.07, 6.45) is 0.659. The third-order valence-electron chi connectivity index (χ3n) is 4.58.